The van der Waals surface area contributed by atoms with E-state index in [1.165, 1.54) is 6.92 Å². The third kappa shape index (κ3) is 12.6. The van der Waals surface area contributed by atoms with E-state index in [1.54, 1.807) is 0 Å². The van der Waals surface area contributed by atoms with E-state index in [2.05, 4.69) is 10.6 Å². The summed E-state index contributed by atoms with van der Waals surface area (Å²) in [5.41, 5.74) is 0. The Labute approximate surface area is 111 Å². The summed E-state index contributed by atoms with van der Waals surface area (Å²) in [6.45, 7) is 5.75. The molecule has 0 bridgehead atoms. The van der Waals surface area contributed by atoms with Crippen LogP contribution < -0.4 is 10.6 Å². The first-order valence-electron chi connectivity index (χ1n) is 3.97. The van der Waals surface area contributed by atoms with Gasteiger partial charge in [-0.1, -0.05) is 0 Å². The number of rotatable bonds is 1. The van der Waals surface area contributed by atoms with Crippen molar-refractivity contribution in [2.45, 2.75) is 13.0 Å². The van der Waals surface area contributed by atoms with Gasteiger partial charge < -0.3 is 23.7 Å². The normalized spacial score (nSPS) is 17.4. The zero-order chi connectivity index (χ0) is 9.40. The largest absolute Gasteiger partial charge is 2.00 e. The van der Waals surface area contributed by atoms with Gasteiger partial charge in [0.2, 0.25) is 0 Å². The molecule has 0 spiro atoms. The van der Waals surface area contributed by atoms with E-state index in [1.807, 2.05) is 0 Å². The Balaban J connectivity index is -0.0000000672. The van der Waals surface area contributed by atoms with Gasteiger partial charge in [-0.3, -0.25) is 0 Å². The Morgan fingerprint density at radius 1 is 1.31 bits per heavy atom. The van der Waals surface area contributed by atoms with Crippen molar-refractivity contribution in [3.05, 3.63) is 0 Å². The van der Waals surface area contributed by atoms with Crippen LogP contribution in [0.2, 0.25) is 0 Å². The number of carbonyl (C=O) groups is 1. The number of aliphatic hydroxyl groups is 1. The molecule has 1 heterocycles. The van der Waals surface area contributed by atoms with Crippen molar-refractivity contribution in [1.82, 2.24) is 10.6 Å². The second kappa shape index (κ2) is 10.7. The molecule has 1 fully saturated rings. The van der Waals surface area contributed by atoms with Gasteiger partial charge in [0.05, 0.1) is 0 Å². The third-order valence-electron chi connectivity index (χ3n) is 1.31. The minimum Gasteiger partial charge on any atom is -1.00 e. The molecule has 13 heavy (non-hydrogen) atoms. The van der Waals surface area contributed by atoms with Crippen LogP contribution in [0.15, 0.2) is 0 Å². The molecule has 0 radical (unpaired) electrons. The average molecular weight is 218 g/mol. The van der Waals surface area contributed by atoms with Gasteiger partial charge in [-0.2, -0.15) is 0 Å². The Morgan fingerprint density at radius 2 is 1.54 bits per heavy atom. The number of aliphatic carboxylic acids is 1. The molecule has 1 unspecified atom stereocenters. The molecule has 1 saturated heterocycles. The molecule has 5 nitrogen and oxygen atoms in total. The second-order valence-corrected chi connectivity index (χ2v) is 2.51. The van der Waals surface area contributed by atoms with Crippen LogP contribution in [-0.4, -0.2) is 86.2 Å². The second-order valence-electron chi connectivity index (χ2n) is 2.51. The average Bonchev–Trinajstić information content (AvgIpc) is 2.08. The minimum absolute atomic E-state index is 0. The van der Waals surface area contributed by atoms with Crippen LogP contribution in [-0.2, 0) is 4.79 Å². The zero-order valence-electron chi connectivity index (χ0n) is 9.92. The van der Waals surface area contributed by atoms with Crippen molar-refractivity contribution >= 4 is 43.7 Å². The van der Waals surface area contributed by atoms with Crippen LogP contribution in [0.3, 0.4) is 0 Å². The summed E-state index contributed by atoms with van der Waals surface area (Å²) in [7, 11) is 0. The Bertz CT molecular complexity index is 126. The van der Waals surface area contributed by atoms with Crippen LogP contribution in [0.25, 0.3) is 0 Å². The molecular formula is C7H18CaN2O3. The maximum Gasteiger partial charge on any atom is 2.00 e. The van der Waals surface area contributed by atoms with Gasteiger partial charge in [-0.25, -0.2) is 4.79 Å². The van der Waals surface area contributed by atoms with E-state index in [0.29, 0.717) is 0 Å². The number of hydrogen-bond donors (Lipinski definition) is 4. The van der Waals surface area contributed by atoms with Crippen molar-refractivity contribution in [3.8, 4) is 0 Å². The number of carboxylic acid groups (broad SMARTS) is 1. The number of carboxylic acids is 1. The molecule has 1 atom stereocenters. The van der Waals surface area contributed by atoms with Gasteiger partial charge in [0.25, 0.3) is 0 Å². The van der Waals surface area contributed by atoms with E-state index < -0.39 is 12.1 Å². The smallest absolute Gasteiger partial charge is 1.00 e. The predicted octanol–water partition coefficient (Wildman–Crippen LogP) is -1.52. The monoisotopic (exact) mass is 218 g/mol. The van der Waals surface area contributed by atoms with Crippen LogP contribution in [0.1, 0.15) is 9.78 Å². The molecule has 0 aliphatic carbocycles. The van der Waals surface area contributed by atoms with Crippen LogP contribution >= 0.6 is 0 Å². The fraction of sp³-hybridized carbons (Fsp3) is 0.857. The van der Waals surface area contributed by atoms with Gasteiger partial charge in [0.15, 0.2) is 0 Å². The Kier molecular flexibility index (Phi) is 13.2. The van der Waals surface area contributed by atoms with Crippen molar-refractivity contribution < 1.29 is 17.9 Å². The summed E-state index contributed by atoms with van der Waals surface area (Å²) in [5.74, 6) is -1.19. The van der Waals surface area contributed by atoms with E-state index in [4.69, 9.17) is 10.2 Å². The van der Waals surface area contributed by atoms with Crippen LogP contribution in [0.4, 0.5) is 0 Å². The van der Waals surface area contributed by atoms with Crippen molar-refractivity contribution in [3.63, 3.8) is 0 Å². The molecule has 6 heteroatoms. The van der Waals surface area contributed by atoms with E-state index in [9.17, 15) is 4.79 Å². The van der Waals surface area contributed by atoms with E-state index >= 15 is 0 Å². The van der Waals surface area contributed by atoms with E-state index in [-0.39, 0.29) is 40.6 Å². The quantitative estimate of drug-likeness (QED) is 0.402. The zero-order valence-corrected chi connectivity index (χ0v) is 10.1. The molecule has 4 N–H and O–H groups in total. The number of nitrogens with one attached hydrogen (secondary N) is 2. The SMILES string of the molecule is C1CNCCN1.CC(O)C(=O)O.[Ca+2].[H-].[H-]. The van der Waals surface area contributed by atoms with Gasteiger partial charge in [0.1, 0.15) is 6.10 Å². The fourth-order valence-corrected chi connectivity index (χ4v) is 0.604. The molecule has 76 valence electrons. The van der Waals surface area contributed by atoms with Crippen molar-refractivity contribution in [1.29, 1.82) is 0 Å². The summed E-state index contributed by atoms with van der Waals surface area (Å²) in [5, 5.41) is 22.2. The summed E-state index contributed by atoms with van der Waals surface area (Å²) in [6, 6.07) is 0. The molecule has 0 saturated carbocycles. The Morgan fingerprint density at radius 3 is 1.62 bits per heavy atom. The van der Waals surface area contributed by atoms with Crippen molar-refractivity contribution in [2.24, 2.45) is 0 Å². The maximum absolute atomic E-state index is 9.45. The first kappa shape index (κ1) is 16.1. The fourth-order valence-electron chi connectivity index (χ4n) is 0.604. The van der Waals surface area contributed by atoms with Crippen molar-refractivity contribution in [2.75, 3.05) is 26.2 Å². The van der Waals surface area contributed by atoms with E-state index in [0.717, 1.165) is 26.2 Å². The first-order valence-corrected chi connectivity index (χ1v) is 3.97. The van der Waals surface area contributed by atoms with Crippen LogP contribution in [0, 0.1) is 0 Å². The topological polar surface area (TPSA) is 81.6 Å². The predicted molar refractivity (Wildman–Crippen MR) is 53.0 cm³/mol. The van der Waals surface area contributed by atoms with Gasteiger partial charge in [-0.15, -0.1) is 0 Å². The van der Waals surface area contributed by atoms with Gasteiger partial charge >= 0.3 is 43.7 Å². The summed E-state index contributed by atoms with van der Waals surface area (Å²) in [6.07, 6.45) is -1.23. The molecular weight excluding hydrogens is 200 g/mol. The van der Waals surface area contributed by atoms with Crippen LogP contribution in [0.5, 0.6) is 0 Å². The number of aliphatic hydroxyl groups excluding tert-OH is 1. The summed E-state index contributed by atoms with van der Waals surface area (Å²) in [4.78, 5) is 9.45. The molecule has 0 aromatic rings. The molecule has 1 rings (SSSR count). The molecule has 0 aromatic carbocycles. The maximum atomic E-state index is 9.45. The molecule has 1 aliphatic rings. The molecule has 0 aromatic heterocycles. The standard InChI is InChI=1S/C4H10N2.C3H6O3.Ca.2H/c1-2-6-4-3-5-1;1-2(4)3(5)6;;;/h5-6H,1-4H2;2,4H,1H3,(H,5,6);;;/q;;+2;2*-1. The Hall–Kier alpha value is 0.610. The minimum atomic E-state index is -1.23. The van der Waals surface area contributed by atoms with Gasteiger partial charge in [-0.05, 0) is 6.92 Å². The first-order chi connectivity index (χ1) is 5.64. The number of piperazine rings is 1. The summed E-state index contributed by atoms with van der Waals surface area (Å²) >= 11 is 0. The van der Waals surface area contributed by atoms with Gasteiger partial charge in [0, 0.05) is 26.2 Å². The molecule has 1 aliphatic heterocycles. The molecule has 0 amide bonds. The third-order valence-corrected chi connectivity index (χ3v) is 1.31. The summed E-state index contributed by atoms with van der Waals surface area (Å²) < 4.78 is 0. The number of hydrogen-bond acceptors (Lipinski definition) is 4.